The number of fused-ring (bicyclic) bond motifs is 1. The van der Waals surface area contributed by atoms with Crippen LogP contribution >= 0.6 is 0 Å². The molecule has 1 N–H and O–H groups in total. The first kappa shape index (κ1) is 22.8. The predicted molar refractivity (Wildman–Crippen MR) is 125 cm³/mol. The molecule has 35 heavy (non-hydrogen) atoms. The average Bonchev–Trinajstić information content (AvgIpc) is 3.61. The fourth-order valence-corrected chi connectivity index (χ4v) is 4.02. The van der Waals surface area contributed by atoms with Gasteiger partial charge in [-0.15, -0.1) is 0 Å². The number of esters is 1. The Morgan fingerprint density at radius 3 is 2.17 bits per heavy atom. The van der Waals surface area contributed by atoms with E-state index in [0.717, 1.165) is 0 Å². The van der Waals surface area contributed by atoms with Gasteiger partial charge < -0.3 is 23.6 Å². The molecule has 0 spiro atoms. The third-order valence-electron chi connectivity index (χ3n) is 5.88. The van der Waals surface area contributed by atoms with E-state index in [-0.39, 0.29) is 24.7 Å². The monoisotopic (exact) mass is 476 g/mol. The van der Waals surface area contributed by atoms with Crippen LogP contribution in [0.5, 0.6) is 0 Å². The van der Waals surface area contributed by atoms with Crippen molar-refractivity contribution >= 4 is 22.9 Å². The Hall–Kier alpha value is -4.02. The number of aliphatic hydroxyl groups is 1. The van der Waals surface area contributed by atoms with E-state index in [1.165, 1.54) is 0 Å². The molecule has 3 aromatic heterocycles. The largest absolute Gasteiger partial charge is 0.463 e. The van der Waals surface area contributed by atoms with Gasteiger partial charge in [-0.1, -0.05) is 0 Å². The lowest BCUT2D eigenvalue weighted by Crippen LogP contribution is -2.50. The van der Waals surface area contributed by atoms with Crippen LogP contribution in [-0.4, -0.2) is 82.7 Å². The number of β-amino-alcohol motifs (C(OH)–C–C–N with tert-alkyl or cyclic N) is 1. The fraction of sp³-hybridized carbons (Fsp3) is 0.280. The molecule has 0 unspecified atom stereocenters. The van der Waals surface area contributed by atoms with Crippen molar-refractivity contribution < 1.29 is 28.3 Å². The molecule has 1 aliphatic rings. The van der Waals surface area contributed by atoms with E-state index >= 15 is 0 Å². The van der Waals surface area contributed by atoms with Gasteiger partial charge in [-0.25, -0.2) is 14.8 Å². The number of ether oxygens (including phenoxy) is 1. The van der Waals surface area contributed by atoms with Gasteiger partial charge in [0.15, 0.2) is 18.1 Å². The maximum Gasteiger partial charge on any atom is 0.338 e. The maximum absolute atomic E-state index is 12.7. The summed E-state index contributed by atoms with van der Waals surface area (Å²) < 4.78 is 16.3. The Balaban J connectivity index is 1.31. The lowest BCUT2D eigenvalue weighted by molar-refractivity contribution is -0.136. The van der Waals surface area contributed by atoms with Gasteiger partial charge in [0.2, 0.25) is 0 Å². The molecule has 180 valence electrons. The SMILES string of the molecule is O=C(OCC(=O)N1CCN(CCO)CC1)c1ccc2nc(-c3ccco3)c(-c3ccco3)nc2c1. The van der Waals surface area contributed by atoms with Crippen LogP contribution in [0.15, 0.2) is 63.8 Å². The second-order valence-corrected chi connectivity index (χ2v) is 8.10. The molecule has 0 atom stereocenters. The smallest absolute Gasteiger partial charge is 0.338 e. The number of hydrogen-bond donors (Lipinski definition) is 1. The van der Waals surface area contributed by atoms with Gasteiger partial charge in [-0.05, 0) is 42.5 Å². The van der Waals surface area contributed by atoms with E-state index in [4.69, 9.17) is 18.7 Å². The number of carbonyl (C=O) groups excluding carboxylic acids is 2. The van der Waals surface area contributed by atoms with Gasteiger partial charge in [-0.2, -0.15) is 0 Å². The lowest BCUT2D eigenvalue weighted by atomic mass is 10.1. The van der Waals surface area contributed by atoms with Crippen molar-refractivity contribution in [1.29, 1.82) is 0 Å². The highest BCUT2D eigenvalue weighted by Gasteiger charge is 2.22. The molecule has 4 heterocycles. The summed E-state index contributed by atoms with van der Waals surface area (Å²) >= 11 is 0. The van der Waals surface area contributed by atoms with E-state index in [1.807, 2.05) is 0 Å². The molecule has 0 saturated carbocycles. The Labute approximate surface area is 200 Å². The molecule has 1 aliphatic heterocycles. The number of nitrogens with zero attached hydrogens (tertiary/aromatic N) is 4. The van der Waals surface area contributed by atoms with E-state index in [2.05, 4.69) is 14.9 Å². The zero-order valence-electron chi connectivity index (χ0n) is 18.9. The minimum absolute atomic E-state index is 0.0921. The van der Waals surface area contributed by atoms with Crippen molar-refractivity contribution in [2.75, 3.05) is 45.9 Å². The number of benzene rings is 1. The molecule has 4 aromatic rings. The molecule has 0 bridgehead atoms. The minimum atomic E-state index is -0.615. The highest BCUT2D eigenvalue weighted by Crippen LogP contribution is 2.31. The van der Waals surface area contributed by atoms with Crippen molar-refractivity contribution in [2.24, 2.45) is 0 Å². The second-order valence-electron chi connectivity index (χ2n) is 8.10. The molecule has 10 heteroatoms. The Morgan fingerprint density at radius 2 is 1.57 bits per heavy atom. The van der Waals surface area contributed by atoms with Crippen LogP contribution < -0.4 is 0 Å². The summed E-state index contributed by atoms with van der Waals surface area (Å²) in [5.74, 6) is 0.204. The standard InChI is InChI=1S/C25H24N4O6/c30-12-11-28-7-9-29(10-8-28)22(31)16-35-25(32)17-5-6-18-19(15-17)27-24(21-4-2-14-34-21)23(26-18)20-3-1-13-33-20/h1-6,13-15,30H,7-12,16H2. The van der Waals surface area contributed by atoms with Crippen LogP contribution in [-0.2, 0) is 9.53 Å². The van der Waals surface area contributed by atoms with Crippen molar-refractivity contribution in [3.05, 3.63) is 60.6 Å². The number of piperazine rings is 1. The van der Waals surface area contributed by atoms with Gasteiger partial charge >= 0.3 is 5.97 Å². The molecule has 0 radical (unpaired) electrons. The van der Waals surface area contributed by atoms with Crippen molar-refractivity contribution in [3.63, 3.8) is 0 Å². The first-order valence-electron chi connectivity index (χ1n) is 11.3. The van der Waals surface area contributed by atoms with Crippen LogP contribution in [0.1, 0.15) is 10.4 Å². The van der Waals surface area contributed by atoms with E-state index in [1.54, 1.807) is 59.9 Å². The van der Waals surface area contributed by atoms with Crippen LogP contribution in [0.25, 0.3) is 33.9 Å². The predicted octanol–water partition coefficient (Wildman–Crippen LogP) is 2.44. The molecule has 0 aliphatic carbocycles. The molecule has 1 amide bonds. The number of rotatable bonds is 7. The topological polar surface area (TPSA) is 122 Å². The highest BCUT2D eigenvalue weighted by molar-refractivity contribution is 5.95. The Morgan fingerprint density at radius 1 is 0.914 bits per heavy atom. The summed E-state index contributed by atoms with van der Waals surface area (Å²) in [6.45, 7) is 2.78. The summed E-state index contributed by atoms with van der Waals surface area (Å²) in [6, 6.07) is 11.9. The molecule has 1 saturated heterocycles. The van der Waals surface area contributed by atoms with Crippen LogP contribution in [0, 0.1) is 0 Å². The van der Waals surface area contributed by atoms with Crippen molar-refractivity contribution in [3.8, 4) is 22.9 Å². The molecule has 1 aromatic carbocycles. The quantitative estimate of drug-likeness (QED) is 0.401. The molecule has 1 fully saturated rings. The zero-order valence-corrected chi connectivity index (χ0v) is 18.9. The number of aromatic nitrogens is 2. The van der Waals surface area contributed by atoms with E-state index < -0.39 is 5.97 Å². The normalized spacial score (nSPS) is 14.4. The number of hydrogen-bond acceptors (Lipinski definition) is 9. The Bertz CT molecular complexity index is 1310. The number of furan rings is 2. The summed E-state index contributed by atoms with van der Waals surface area (Å²) in [5, 5.41) is 9.04. The molecular weight excluding hydrogens is 452 g/mol. The summed E-state index contributed by atoms with van der Waals surface area (Å²) in [6.07, 6.45) is 3.10. The van der Waals surface area contributed by atoms with Crippen molar-refractivity contribution in [1.82, 2.24) is 19.8 Å². The fourth-order valence-electron chi connectivity index (χ4n) is 4.02. The van der Waals surface area contributed by atoms with Gasteiger partial charge in [-0.3, -0.25) is 9.69 Å². The van der Waals surface area contributed by atoms with E-state index in [9.17, 15) is 9.59 Å². The van der Waals surface area contributed by atoms with Gasteiger partial charge in [0.05, 0.1) is 35.7 Å². The molecule has 5 rings (SSSR count). The van der Waals surface area contributed by atoms with Crippen LogP contribution in [0.2, 0.25) is 0 Å². The van der Waals surface area contributed by atoms with E-state index in [0.29, 0.717) is 66.7 Å². The number of amides is 1. The summed E-state index contributed by atoms with van der Waals surface area (Å²) in [5.41, 5.74) is 2.33. The number of aliphatic hydroxyl groups excluding tert-OH is 1. The molecular formula is C25H24N4O6. The summed E-state index contributed by atoms with van der Waals surface area (Å²) in [4.78, 5) is 38.3. The van der Waals surface area contributed by atoms with Gasteiger partial charge in [0.25, 0.3) is 5.91 Å². The minimum Gasteiger partial charge on any atom is -0.463 e. The van der Waals surface area contributed by atoms with Crippen LogP contribution in [0.3, 0.4) is 0 Å². The lowest BCUT2D eigenvalue weighted by Gasteiger charge is -2.34. The molecule has 10 nitrogen and oxygen atoms in total. The van der Waals surface area contributed by atoms with Gasteiger partial charge in [0, 0.05) is 32.7 Å². The average molecular weight is 476 g/mol. The number of carbonyl (C=O) groups is 2. The van der Waals surface area contributed by atoms with Gasteiger partial charge in [0.1, 0.15) is 11.4 Å². The second kappa shape index (κ2) is 10.1. The van der Waals surface area contributed by atoms with Crippen molar-refractivity contribution in [2.45, 2.75) is 0 Å². The first-order chi connectivity index (χ1) is 17.1. The maximum atomic E-state index is 12.7. The first-order valence-corrected chi connectivity index (χ1v) is 11.3. The third kappa shape index (κ3) is 4.93. The summed E-state index contributed by atoms with van der Waals surface area (Å²) in [7, 11) is 0. The van der Waals surface area contributed by atoms with Crippen LogP contribution in [0.4, 0.5) is 0 Å². The highest BCUT2D eigenvalue weighted by atomic mass is 16.5. The third-order valence-corrected chi connectivity index (χ3v) is 5.88. The zero-order chi connectivity index (χ0) is 24.2. The Kier molecular flexibility index (Phi) is 6.55.